The standard InChI is InChI=1S/C25H25ClFN3O4/c1-15(32)29-13-20(18-6-2-3-8-21(18)29)28-25(34)30-12-16(14-31)11-22(30)23(33)10-9-17-5-4-7-19(26)24(17)27/h2-8,13,16,22,31H,9-12,14H2,1H3,(H,28,34)/t16-,22-/m0/s1. The van der Waals surface area contributed by atoms with Crippen LogP contribution in [0.4, 0.5) is 14.9 Å². The summed E-state index contributed by atoms with van der Waals surface area (Å²) in [6.07, 6.45) is 2.08. The van der Waals surface area contributed by atoms with Gasteiger partial charge in [-0.25, -0.2) is 9.18 Å². The third-order valence-corrected chi connectivity index (χ3v) is 6.54. The van der Waals surface area contributed by atoms with Gasteiger partial charge >= 0.3 is 6.03 Å². The minimum atomic E-state index is -0.736. The Kier molecular flexibility index (Phi) is 7.00. The summed E-state index contributed by atoms with van der Waals surface area (Å²) in [5.41, 5.74) is 1.46. The number of benzene rings is 2. The van der Waals surface area contributed by atoms with Crippen molar-refractivity contribution in [3.63, 3.8) is 0 Å². The lowest BCUT2D eigenvalue weighted by molar-refractivity contribution is -0.122. The highest BCUT2D eigenvalue weighted by molar-refractivity contribution is 6.30. The first-order valence-electron chi connectivity index (χ1n) is 11.0. The Morgan fingerprint density at radius 2 is 1.94 bits per heavy atom. The van der Waals surface area contributed by atoms with Gasteiger partial charge in [0.1, 0.15) is 5.82 Å². The summed E-state index contributed by atoms with van der Waals surface area (Å²) in [6, 6.07) is 10.6. The van der Waals surface area contributed by atoms with Crippen LogP contribution in [0.2, 0.25) is 5.02 Å². The van der Waals surface area contributed by atoms with Gasteiger partial charge in [0.15, 0.2) is 5.78 Å². The lowest BCUT2D eigenvalue weighted by Gasteiger charge is -2.24. The van der Waals surface area contributed by atoms with E-state index in [4.69, 9.17) is 11.6 Å². The molecule has 1 aromatic heterocycles. The van der Waals surface area contributed by atoms with Crippen molar-refractivity contribution in [1.29, 1.82) is 0 Å². The van der Waals surface area contributed by atoms with E-state index in [0.717, 1.165) is 0 Å². The normalized spacial score (nSPS) is 17.8. The molecule has 0 radical (unpaired) electrons. The molecule has 0 aliphatic carbocycles. The van der Waals surface area contributed by atoms with Gasteiger partial charge in [0.05, 0.1) is 22.3 Å². The number of nitrogens with zero attached hydrogens (tertiary/aromatic N) is 2. The number of aliphatic hydroxyl groups excluding tert-OH is 1. The second-order valence-corrected chi connectivity index (χ2v) is 8.92. The Morgan fingerprint density at radius 3 is 2.68 bits per heavy atom. The third kappa shape index (κ3) is 4.69. The zero-order valence-corrected chi connectivity index (χ0v) is 19.4. The van der Waals surface area contributed by atoms with E-state index in [2.05, 4.69) is 5.32 Å². The van der Waals surface area contributed by atoms with Gasteiger partial charge in [-0.3, -0.25) is 14.2 Å². The maximum Gasteiger partial charge on any atom is 0.322 e. The molecule has 4 rings (SSSR count). The van der Waals surface area contributed by atoms with Crippen molar-refractivity contribution in [2.75, 3.05) is 18.5 Å². The number of carbonyl (C=O) groups is 3. The second-order valence-electron chi connectivity index (χ2n) is 8.51. The number of nitrogens with one attached hydrogen (secondary N) is 1. The molecular weight excluding hydrogens is 461 g/mol. The number of hydrogen-bond donors (Lipinski definition) is 2. The maximum absolute atomic E-state index is 14.2. The average Bonchev–Trinajstić information content (AvgIpc) is 3.42. The van der Waals surface area contributed by atoms with E-state index in [0.29, 0.717) is 28.6 Å². The monoisotopic (exact) mass is 485 g/mol. The number of aryl methyl sites for hydroxylation is 1. The molecule has 34 heavy (non-hydrogen) atoms. The number of urea groups is 1. The number of Topliss-reactive ketones (excluding diaryl/α,β-unsaturated/α-hetero) is 1. The minimum absolute atomic E-state index is 0.00288. The molecule has 0 saturated carbocycles. The quantitative estimate of drug-likeness (QED) is 0.537. The van der Waals surface area contributed by atoms with Crippen molar-refractivity contribution in [2.45, 2.75) is 32.2 Å². The zero-order valence-electron chi connectivity index (χ0n) is 18.6. The molecule has 1 aliphatic heterocycles. The smallest absolute Gasteiger partial charge is 0.322 e. The van der Waals surface area contributed by atoms with Gasteiger partial charge in [0.25, 0.3) is 0 Å². The number of aromatic nitrogens is 1. The van der Waals surface area contributed by atoms with E-state index in [1.807, 2.05) is 0 Å². The molecule has 2 aromatic carbocycles. The third-order valence-electron chi connectivity index (χ3n) is 6.24. The first kappa shape index (κ1) is 23.9. The Morgan fingerprint density at radius 1 is 1.18 bits per heavy atom. The number of likely N-dealkylation sites (tertiary alicyclic amines) is 1. The number of hydrogen-bond acceptors (Lipinski definition) is 4. The number of rotatable bonds is 6. The summed E-state index contributed by atoms with van der Waals surface area (Å²) in [7, 11) is 0. The maximum atomic E-state index is 14.2. The SMILES string of the molecule is CC(=O)n1cc(NC(=O)N2C[C@@H](CO)C[C@H]2C(=O)CCc2cccc(Cl)c2F)c2ccccc21. The Bertz CT molecular complexity index is 1260. The minimum Gasteiger partial charge on any atom is -0.396 e. The summed E-state index contributed by atoms with van der Waals surface area (Å²) in [6.45, 7) is 1.50. The van der Waals surface area contributed by atoms with Crippen LogP contribution in [0.15, 0.2) is 48.7 Å². The van der Waals surface area contributed by atoms with E-state index in [1.165, 1.54) is 22.5 Å². The molecule has 1 fully saturated rings. The predicted octanol–water partition coefficient (Wildman–Crippen LogP) is 4.51. The molecule has 1 saturated heterocycles. The summed E-state index contributed by atoms with van der Waals surface area (Å²) < 4.78 is 15.7. The van der Waals surface area contributed by atoms with Crippen LogP contribution in [-0.4, -0.2) is 51.5 Å². The predicted molar refractivity (Wildman–Crippen MR) is 128 cm³/mol. The molecule has 7 nitrogen and oxygen atoms in total. The fraction of sp³-hybridized carbons (Fsp3) is 0.320. The van der Waals surface area contributed by atoms with Crippen molar-refractivity contribution in [3.05, 3.63) is 65.1 Å². The van der Waals surface area contributed by atoms with Crippen LogP contribution in [0, 0.1) is 11.7 Å². The molecule has 2 N–H and O–H groups in total. The van der Waals surface area contributed by atoms with Gasteiger partial charge in [-0.1, -0.05) is 41.9 Å². The highest BCUT2D eigenvalue weighted by Gasteiger charge is 2.39. The number of fused-ring (bicyclic) bond motifs is 1. The van der Waals surface area contributed by atoms with E-state index >= 15 is 0 Å². The zero-order chi connectivity index (χ0) is 24.4. The van der Waals surface area contributed by atoms with Crippen molar-refractivity contribution in [1.82, 2.24) is 9.47 Å². The van der Waals surface area contributed by atoms with Crippen molar-refractivity contribution < 1.29 is 23.9 Å². The highest BCUT2D eigenvalue weighted by atomic mass is 35.5. The Balaban J connectivity index is 1.52. The topological polar surface area (TPSA) is 91.6 Å². The summed E-state index contributed by atoms with van der Waals surface area (Å²) in [4.78, 5) is 39.7. The Hall–Kier alpha value is -3.23. The average molecular weight is 486 g/mol. The van der Waals surface area contributed by atoms with Gasteiger partial charge in [-0.2, -0.15) is 0 Å². The molecule has 0 unspecified atom stereocenters. The molecule has 9 heteroatoms. The number of carbonyl (C=O) groups excluding carboxylic acids is 3. The number of anilines is 1. The largest absolute Gasteiger partial charge is 0.396 e. The fourth-order valence-electron chi connectivity index (χ4n) is 4.48. The number of aliphatic hydroxyl groups is 1. The molecule has 2 heterocycles. The summed E-state index contributed by atoms with van der Waals surface area (Å²) in [5, 5.41) is 13.2. The van der Waals surface area contributed by atoms with Gasteiger partial charge < -0.3 is 15.3 Å². The molecule has 0 bridgehead atoms. The van der Waals surface area contributed by atoms with Crippen LogP contribution in [0.25, 0.3) is 10.9 Å². The van der Waals surface area contributed by atoms with Crippen LogP contribution in [0.1, 0.15) is 30.1 Å². The van der Waals surface area contributed by atoms with Crippen molar-refractivity contribution in [3.8, 4) is 0 Å². The van der Waals surface area contributed by atoms with E-state index in [-0.39, 0.29) is 48.6 Å². The van der Waals surface area contributed by atoms with Gasteiger partial charge in [-0.15, -0.1) is 0 Å². The van der Waals surface area contributed by atoms with Crippen LogP contribution in [0.5, 0.6) is 0 Å². The molecule has 1 aliphatic rings. The van der Waals surface area contributed by atoms with Crippen molar-refractivity contribution >= 4 is 45.9 Å². The van der Waals surface area contributed by atoms with E-state index < -0.39 is 17.9 Å². The van der Waals surface area contributed by atoms with E-state index in [9.17, 15) is 23.9 Å². The van der Waals surface area contributed by atoms with Crippen molar-refractivity contribution in [2.24, 2.45) is 5.92 Å². The lowest BCUT2D eigenvalue weighted by atomic mass is 9.99. The molecule has 3 aromatic rings. The molecule has 2 amide bonds. The van der Waals surface area contributed by atoms with Gasteiger partial charge in [0, 0.05) is 44.0 Å². The molecule has 2 atom stereocenters. The summed E-state index contributed by atoms with van der Waals surface area (Å²) in [5.74, 6) is -1.19. The van der Waals surface area contributed by atoms with Gasteiger partial charge in [0.2, 0.25) is 5.91 Å². The fourth-order valence-corrected chi connectivity index (χ4v) is 4.67. The van der Waals surface area contributed by atoms with Crippen LogP contribution in [-0.2, 0) is 11.2 Å². The van der Waals surface area contributed by atoms with Crippen LogP contribution < -0.4 is 5.32 Å². The number of ketones is 1. The first-order chi connectivity index (χ1) is 16.3. The molecule has 178 valence electrons. The summed E-state index contributed by atoms with van der Waals surface area (Å²) >= 11 is 5.83. The van der Waals surface area contributed by atoms with E-state index in [1.54, 1.807) is 42.6 Å². The van der Waals surface area contributed by atoms with Crippen LogP contribution >= 0.6 is 11.6 Å². The number of halogens is 2. The first-order valence-corrected chi connectivity index (χ1v) is 11.4. The second kappa shape index (κ2) is 9.95. The van der Waals surface area contributed by atoms with Crippen LogP contribution in [0.3, 0.4) is 0 Å². The molecule has 0 spiro atoms. The Labute approximate surface area is 201 Å². The highest BCUT2D eigenvalue weighted by Crippen LogP contribution is 2.29. The molecular formula is C25H25ClFN3O4. The number of para-hydroxylation sites is 1. The van der Waals surface area contributed by atoms with Gasteiger partial charge in [-0.05, 0) is 30.5 Å². The number of amides is 2. The lowest BCUT2D eigenvalue weighted by Crippen LogP contribution is -2.43.